The maximum Gasteiger partial charge on any atom is 0.356 e. The lowest BCUT2D eigenvalue weighted by Crippen LogP contribution is -1.96. The number of carbonyl (C=O) groups is 1. The molecular weight excluding hydrogens is 272 g/mol. The van der Waals surface area contributed by atoms with Crippen molar-refractivity contribution in [1.29, 1.82) is 0 Å². The van der Waals surface area contributed by atoms with Crippen LogP contribution in [0.2, 0.25) is 0 Å². The molecule has 0 bridgehead atoms. The zero-order valence-electron chi connectivity index (χ0n) is 11.3. The van der Waals surface area contributed by atoms with Gasteiger partial charge in [0.05, 0.1) is 0 Å². The van der Waals surface area contributed by atoms with E-state index in [9.17, 15) is 4.79 Å². The van der Waals surface area contributed by atoms with Gasteiger partial charge in [-0.25, -0.2) is 9.78 Å². The van der Waals surface area contributed by atoms with Crippen LogP contribution in [0.3, 0.4) is 0 Å². The molecule has 3 rings (SSSR count). The molecule has 1 N–H and O–H groups in total. The summed E-state index contributed by atoms with van der Waals surface area (Å²) in [7, 11) is 0. The Hall–Kier alpha value is -2.14. The van der Waals surface area contributed by atoms with Crippen molar-refractivity contribution in [3.63, 3.8) is 0 Å². The van der Waals surface area contributed by atoms with Crippen LogP contribution in [-0.4, -0.2) is 20.5 Å². The minimum absolute atomic E-state index is 0.0989. The third-order valence-corrected chi connectivity index (χ3v) is 4.64. The number of hydrogen-bond acceptors (Lipinski definition) is 3. The summed E-state index contributed by atoms with van der Waals surface area (Å²) in [6, 6.07) is 8.30. The molecule has 2 aromatic heterocycles. The number of aromatic carboxylic acids is 1. The molecule has 20 heavy (non-hydrogen) atoms. The molecule has 0 aliphatic heterocycles. The van der Waals surface area contributed by atoms with Gasteiger partial charge in [-0.15, -0.1) is 11.3 Å². The number of hydrogen-bond donors (Lipinski definition) is 1. The zero-order valence-corrected chi connectivity index (χ0v) is 12.1. The van der Waals surface area contributed by atoms with Crippen molar-refractivity contribution in [1.82, 2.24) is 9.38 Å². The van der Waals surface area contributed by atoms with E-state index in [-0.39, 0.29) is 5.69 Å². The molecule has 1 aromatic carbocycles. The highest BCUT2D eigenvalue weighted by Crippen LogP contribution is 2.26. The van der Waals surface area contributed by atoms with Gasteiger partial charge in [-0.05, 0) is 25.0 Å². The second-order valence-corrected chi connectivity index (χ2v) is 5.86. The van der Waals surface area contributed by atoms with Crippen LogP contribution in [0.4, 0.5) is 0 Å². The Kier molecular flexibility index (Phi) is 3.06. The number of aromatic nitrogens is 2. The average Bonchev–Trinajstić information content (AvgIpc) is 2.94. The molecular formula is C15H14N2O2S. The number of carboxylic acid groups (broad SMARTS) is 1. The molecule has 0 aliphatic rings. The summed E-state index contributed by atoms with van der Waals surface area (Å²) in [5.41, 5.74) is 3.72. The van der Waals surface area contributed by atoms with Crippen molar-refractivity contribution in [2.45, 2.75) is 20.3 Å². The van der Waals surface area contributed by atoms with E-state index >= 15 is 0 Å². The number of thiazole rings is 1. The smallest absolute Gasteiger partial charge is 0.356 e. The fourth-order valence-corrected chi connectivity index (χ4v) is 3.37. The molecule has 2 heterocycles. The molecule has 0 saturated heterocycles. The van der Waals surface area contributed by atoms with Crippen molar-refractivity contribution in [3.05, 3.63) is 57.9 Å². The summed E-state index contributed by atoms with van der Waals surface area (Å²) in [6.45, 7) is 4.11. The largest absolute Gasteiger partial charge is 0.476 e. The van der Waals surface area contributed by atoms with E-state index in [1.165, 1.54) is 16.0 Å². The van der Waals surface area contributed by atoms with Crippen LogP contribution in [0.15, 0.2) is 30.5 Å². The standard InChI is InChI=1S/C15H14N2O2S/c1-9-5-3-4-6-11(9)7-13-10(2)17-8-12(14(18)19)16-15(17)20-13/h3-6,8H,7H2,1-2H3,(H,18,19). The van der Waals surface area contributed by atoms with Gasteiger partial charge in [0.15, 0.2) is 10.7 Å². The number of benzene rings is 1. The molecule has 0 unspecified atom stereocenters. The fraction of sp³-hybridized carbons (Fsp3) is 0.200. The van der Waals surface area contributed by atoms with Crippen molar-refractivity contribution in [2.24, 2.45) is 0 Å². The monoisotopic (exact) mass is 286 g/mol. The SMILES string of the molecule is Cc1ccccc1Cc1sc2nc(C(=O)O)cn2c1C. The van der Waals surface area contributed by atoms with Crippen LogP contribution in [0.1, 0.15) is 32.2 Å². The molecule has 0 saturated carbocycles. The Morgan fingerprint density at radius 2 is 2.10 bits per heavy atom. The van der Waals surface area contributed by atoms with Gasteiger partial charge < -0.3 is 5.11 Å². The quantitative estimate of drug-likeness (QED) is 0.803. The summed E-state index contributed by atoms with van der Waals surface area (Å²) in [5.74, 6) is -0.985. The number of fused-ring (bicyclic) bond motifs is 1. The number of aryl methyl sites for hydroxylation is 2. The fourth-order valence-electron chi connectivity index (χ4n) is 2.24. The lowest BCUT2D eigenvalue weighted by Gasteiger charge is -2.04. The minimum atomic E-state index is -0.985. The molecule has 0 aliphatic carbocycles. The highest BCUT2D eigenvalue weighted by molar-refractivity contribution is 7.17. The Morgan fingerprint density at radius 1 is 1.35 bits per heavy atom. The molecule has 0 fully saturated rings. The molecule has 5 heteroatoms. The molecule has 3 aromatic rings. The van der Waals surface area contributed by atoms with Crippen molar-refractivity contribution in [3.8, 4) is 0 Å². The lowest BCUT2D eigenvalue weighted by molar-refractivity contribution is 0.0691. The van der Waals surface area contributed by atoms with Crippen molar-refractivity contribution >= 4 is 22.3 Å². The Balaban J connectivity index is 2.01. The molecule has 0 amide bonds. The van der Waals surface area contributed by atoms with Crippen LogP contribution < -0.4 is 0 Å². The topological polar surface area (TPSA) is 54.6 Å². The third-order valence-electron chi connectivity index (χ3n) is 3.48. The van der Waals surface area contributed by atoms with Gasteiger partial charge in [-0.2, -0.15) is 0 Å². The van der Waals surface area contributed by atoms with Gasteiger partial charge in [0.1, 0.15) is 0 Å². The Morgan fingerprint density at radius 3 is 2.75 bits per heavy atom. The summed E-state index contributed by atoms with van der Waals surface area (Å²) in [6.07, 6.45) is 2.44. The molecule has 102 valence electrons. The van der Waals surface area contributed by atoms with Crippen LogP contribution in [0.25, 0.3) is 4.96 Å². The molecule has 4 nitrogen and oxygen atoms in total. The van der Waals surface area contributed by atoms with E-state index in [1.807, 2.05) is 23.5 Å². The normalized spacial score (nSPS) is 11.1. The van der Waals surface area contributed by atoms with E-state index < -0.39 is 5.97 Å². The first-order chi connectivity index (χ1) is 9.56. The highest BCUT2D eigenvalue weighted by atomic mass is 32.1. The van der Waals surface area contributed by atoms with Gasteiger partial charge in [-0.1, -0.05) is 24.3 Å². The molecule has 0 radical (unpaired) electrons. The molecule has 0 spiro atoms. The lowest BCUT2D eigenvalue weighted by atomic mass is 10.0. The number of rotatable bonds is 3. The maximum absolute atomic E-state index is 10.9. The second-order valence-electron chi connectivity index (χ2n) is 4.80. The summed E-state index contributed by atoms with van der Waals surface area (Å²) in [4.78, 5) is 17.0. The summed E-state index contributed by atoms with van der Waals surface area (Å²) >= 11 is 1.55. The predicted molar refractivity (Wildman–Crippen MR) is 78.8 cm³/mol. The Labute approximate surface area is 120 Å². The van der Waals surface area contributed by atoms with Gasteiger partial charge in [0.25, 0.3) is 0 Å². The second kappa shape index (κ2) is 4.76. The van der Waals surface area contributed by atoms with Crippen LogP contribution >= 0.6 is 11.3 Å². The minimum Gasteiger partial charge on any atom is -0.476 e. The number of carboxylic acids is 1. The zero-order chi connectivity index (χ0) is 14.3. The predicted octanol–water partition coefficient (Wildman–Crippen LogP) is 3.30. The Bertz CT molecular complexity index is 801. The van der Waals surface area contributed by atoms with Crippen molar-refractivity contribution in [2.75, 3.05) is 0 Å². The van der Waals surface area contributed by atoms with E-state index in [4.69, 9.17) is 5.11 Å². The number of imidazole rings is 1. The number of nitrogens with zero attached hydrogens (tertiary/aromatic N) is 2. The van der Waals surface area contributed by atoms with Crippen molar-refractivity contribution < 1.29 is 9.90 Å². The van der Waals surface area contributed by atoms with E-state index in [1.54, 1.807) is 17.5 Å². The maximum atomic E-state index is 10.9. The van der Waals surface area contributed by atoms with Gasteiger partial charge >= 0.3 is 5.97 Å². The van der Waals surface area contributed by atoms with Gasteiger partial charge in [-0.3, -0.25) is 4.40 Å². The highest BCUT2D eigenvalue weighted by Gasteiger charge is 2.15. The average molecular weight is 286 g/mol. The van der Waals surface area contributed by atoms with Gasteiger partial charge in [0.2, 0.25) is 0 Å². The first-order valence-electron chi connectivity index (χ1n) is 6.31. The molecule has 0 atom stereocenters. The van der Waals surface area contributed by atoms with Gasteiger partial charge in [0, 0.05) is 23.2 Å². The van der Waals surface area contributed by atoms with E-state index in [0.29, 0.717) is 0 Å². The summed E-state index contributed by atoms with van der Waals surface area (Å²) in [5, 5.41) is 8.96. The summed E-state index contributed by atoms with van der Waals surface area (Å²) < 4.78 is 1.86. The van der Waals surface area contributed by atoms with Crippen LogP contribution in [0.5, 0.6) is 0 Å². The third kappa shape index (κ3) is 2.10. The first kappa shape index (κ1) is 12.9. The van der Waals surface area contributed by atoms with E-state index in [0.717, 1.165) is 17.1 Å². The van der Waals surface area contributed by atoms with Crippen LogP contribution in [0, 0.1) is 13.8 Å². The van der Waals surface area contributed by atoms with Crippen LogP contribution in [-0.2, 0) is 6.42 Å². The first-order valence-corrected chi connectivity index (χ1v) is 7.13. The van der Waals surface area contributed by atoms with E-state index in [2.05, 4.69) is 24.0 Å².